The van der Waals surface area contributed by atoms with Crippen molar-refractivity contribution in [1.82, 2.24) is 14.5 Å². The molecular formula is C19H16ClN3O4S. The van der Waals surface area contributed by atoms with Gasteiger partial charge in [0.25, 0.3) is 0 Å². The molecule has 9 heteroatoms. The molecule has 28 heavy (non-hydrogen) atoms. The quantitative estimate of drug-likeness (QED) is 0.473. The first-order chi connectivity index (χ1) is 13.6. The maximum Gasteiger partial charge on any atom is 0.165 e. The van der Waals surface area contributed by atoms with Crippen LogP contribution in [-0.2, 0) is 4.74 Å². The van der Waals surface area contributed by atoms with Gasteiger partial charge in [-0.25, -0.2) is 9.97 Å². The van der Waals surface area contributed by atoms with Crippen LogP contribution in [0.4, 0.5) is 0 Å². The molecule has 144 valence electrons. The molecule has 0 spiro atoms. The fourth-order valence-electron chi connectivity index (χ4n) is 3.81. The lowest BCUT2D eigenvalue weighted by Gasteiger charge is -2.18. The summed E-state index contributed by atoms with van der Waals surface area (Å²) >= 11 is 7.83. The lowest BCUT2D eigenvalue weighted by Crippen LogP contribution is -2.33. The highest BCUT2D eigenvalue weighted by molar-refractivity contribution is 7.08. The third-order valence-electron chi connectivity index (χ3n) is 5.11. The van der Waals surface area contributed by atoms with Crippen LogP contribution in [0.5, 0.6) is 0 Å². The highest BCUT2D eigenvalue weighted by atomic mass is 35.5. The average molecular weight is 418 g/mol. The molecule has 1 fully saturated rings. The van der Waals surface area contributed by atoms with Gasteiger partial charge in [-0.1, -0.05) is 11.6 Å². The molecule has 1 aliphatic heterocycles. The Labute approximate surface area is 168 Å². The van der Waals surface area contributed by atoms with E-state index in [0.717, 1.165) is 27.5 Å². The van der Waals surface area contributed by atoms with Crippen molar-refractivity contribution in [2.45, 2.75) is 24.5 Å². The van der Waals surface area contributed by atoms with Gasteiger partial charge in [0, 0.05) is 21.4 Å². The summed E-state index contributed by atoms with van der Waals surface area (Å²) in [6.45, 7) is -0.396. The molecule has 0 radical (unpaired) electrons. The fraction of sp³-hybridized carbons (Fsp3) is 0.263. The van der Waals surface area contributed by atoms with E-state index in [9.17, 15) is 15.3 Å². The van der Waals surface area contributed by atoms with Gasteiger partial charge in [-0.2, -0.15) is 11.3 Å². The van der Waals surface area contributed by atoms with E-state index in [0.29, 0.717) is 10.7 Å². The van der Waals surface area contributed by atoms with Gasteiger partial charge in [0.15, 0.2) is 6.23 Å². The van der Waals surface area contributed by atoms with Gasteiger partial charge >= 0.3 is 0 Å². The van der Waals surface area contributed by atoms with Crippen LogP contribution < -0.4 is 0 Å². The van der Waals surface area contributed by atoms with Gasteiger partial charge in [0.1, 0.15) is 30.3 Å². The lowest BCUT2D eigenvalue weighted by atomic mass is 10.1. The molecular weight excluding hydrogens is 402 g/mol. The van der Waals surface area contributed by atoms with E-state index in [1.54, 1.807) is 22.0 Å². The third kappa shape index (κ3) is 2.57. The van der Waals surface area contributed by atoms with Crippen molar-refractivity contribution >= 4 is 44.9 Å². The van der Waals surface area contributed by atoms with Crippen LogP contribution in [0.3, 0.4) is 0 Å². The first-order valence-electron chi connectivity index (χ1n) is 8.69. The molecule has 0 saturated carbocycles. The number of fused-ring (bicyclic) bond motifs is 3. The maximum atomic E-state index is 10.6. The van der Waals surface area contributed by atoms with E-state index in [-0.39, 0.29) is 0 Å². The van der Waals surface area contributed by atoms with Gasteiger partial charge in [0.2, 0.25) is 0 Å². The lowest BCUT2D eigenvalue weighted by molar-refractivity contribution is -0.0489. The first-order valence-corrected chi connectivity index (χ1v) is 10.0. The monoisotopic (exact) mass is 417 g/mol. The van der Waals surface area contributed by atoms with Crippen molar-refractivity contribution in [3.05, 3.63) is 46.4 Å². The van der Waals surface area contributed by atoms with Crippen LogP contribution in [0.2, 0.25) is 5.02 Å². The van der Waals surface area contributed by atoms with Crippen molar-refractivity contribution in [1.29, 1.82) is 0 Å². The first kappa shape index (κ1) is 18.0. The largest absolute Gasteiger partial charge is 0.394 e. The number of hydrogen-bond acceptors (Lipinski definition) is 7. The minimum atomic E-state index is -1.22. The Morgan fingerprint density at radius 2 is 2.04 bits per heavy atom. The Morgan fingerprint density at radius 3 is 2.75 bits per heavy atom. The molecule has 0 aliphatic carbocycles. The zero-order chi connectivity index (χ0) is 19.4. The number of halogens is 1. The van der Waals surface area contributed by atoms with E-state index in [2.05, 4.69) is 9.97 Å². The number of hydrogen-bond donors (Lipinski definition) is 3. The minimum absolute atomic E-state index is 0.396. The SMILES string of the molecule is OC[C@H]1O[C@@H](n2c3ccc(Cl)cc3c3c(-c4ccsc4)ncnc32)[C@H](O)[C@@H]1O. The number of aliphatic hydroxyl groups excluding tert-OH is 3. The fourth-order valence-corrected chi connectivity index (χ4v) is 4.62. The second-order valence-electron chi connectivity index (χ2n) is 6.69. The summed E-state index contributed by atoms with van der Waals surface area (Å²) in [4.78, 5) is 8.93. The molecule has 1 saturated heterocycles. The maximum absolute atomic E-state index is 10.6. The second-order valence-corrected chi connectivity index (χ2v) is 7.91. The van der Waals surface area contributed by atoms with Crippen LogP contribution in [0, 0.1) is 0 Å². The molecule has 0 bridgehead atoms. The van der Waals surface area contributed by atoms with Gasteiger partial charge < -0.3 is 20.1 Å². The van der Waals surface area contributed by atoms with E-state index < -0.39 is 31.1 Å². The number of aromatic nitrogens is 3. The van der Waals surface area contributed by atoms with Gasteiger partial charge in [0.05, 0.1) is 23.2 Å². The number of aliphatic hydroxyl groups is 3. The second kappa shape index (κ2) is 6.77. The van der Waals surface area contributed by atoms with Crippen LogP contribution in [-0.4, -0.2) is 54.8 Å². The number of rotatable bonds is 3. The molecule has 7 nitrogen and oxygen atoms in total. The van der Waals surface area contributed by atoms with E-state index in [1.807, 2.05) is 29.0 Å². The molecule has 3 aromatic heterocycles. The van der Waals surface area contributed by atoms with Crippen molar-refractivity contribution in [2.75, 3.05) is 6.61 Å². The van der Waals surface area contributed by atoms with Crippen LogP contribution in [0.1, 0.15) is 6.23 Å². The molecule has 0 amide bonds. The molecule has 1 aromatic carbocycles. The van der Waals surface area contributed by atoms with Crippen LogP contribution in [0.25, 0.3) is 33.2 Å². The Hall–Kier alpha value is -2.07. The molecule has 4 aromatic rings. The van der Waals surface area contributed by atoms with Gasteiger partial charge in [-0.15, -0.1) is 0 Å². The smallest absolute Gasteiger partial charge is 0.165 e. The van der Waals surface area contributed by atoms with Crippen LogP contribution in [0.15, 0.2) is 41.4 Å². The summed E-state index contributed by atoms with van der Waals surface area (Å²) in [6, 6.07) is 7.38. The number of nitrogens with zero attached hydrogens (tertiary/aromatic N) is 3. The molecule has 5 rings (SSSR count). The predicted molar refractivity (Wildman–Crippen MR) is 106 cm³/mol. The van der Waals surface area contributed by atoms with Crippen molar-refractivity contribution in [3.63, 3.8) is 0 Å². The van der Waals surface area contributed by atoms with Crippen molar-refractivity contribution < 1.29 is 20.1 Å². The summed E-state index contributed by atoms with van der Waals surface area (Å²) < 4.78 is 7.52. The molecule has 0 unspecified atom stereocenters. The third-order valence-corrected chi connectivity index (χ3v) is 6.03. The Bertz CT molecular complexity index is 1160. The Kier molecular flexibility index (Phi) is 4.35. The molecule has 1 aliphatic rings. The van der Waals surface area contributed by atoms with Crippen molar-refractivity contribution in [3.8, 4) is 11.3 Å². The molecule has 4 atom stereocenters. The van der Waals surface area contributed by atoms with Crippen molar-refractivity contribution in [2.24, 2.45) is 0 Å². The highest BCUT2D eigenvalue weighted by Crippen LogP contribution is 2.41. The Balaban J connectivity index is 1.84. The van der Waals surface area contributed by atoms with Gasteiger partial charge in [-0.3, -0.25) is 4.57 Å². The normalized spacial score (nSPS) is 25.1. The number of thiophene rings is 1. The predicted octanol–water partition coefficient (Wildman–Crippen LogP) is 2.58. The summed E-state index contributed by atoms with van der Waals surface area (Å²) in [5.41, 5.74) is 3.01. The summed E-state index contributed by atoms with van der Waals surface area (Å²) in [5.74, 6) is 0. The summed E-state index contributed by atoms with van der Waals surface area (Å²) in [6.07, 6.45) is -2.73. The van der Waals surface area contributed by atoms with E-state index in [4.69, 9.17) is 16.3 Å². The minimum Gasteiger partial charge on any atom is -0.394 e. The average Bonchev–Trinajstić information content (AvgIpc) is 3.40. The standard InChI is InChI=1S/C19H16ClN3O4S/c20-10-1-2-12-11(5-10)14-15(9-3-4-28-7-9)21-8-22-18(14)23(12)19-17(26)16(25)13(6-24)27-19/h1-5,7-8,13,16-17,19,24-26H,6H2/t13-,16-,17-,19-/m1/s1. The topological polar surface area (TPSA) is 101 Å². The van der Waals surface area contributed by atoms with E-state index >= 15 is 0 Å². The number of benzene rings is 1. The molecule has 4 heterocycles. The summed E-state index contributed by atoms with van der Waals surface area (Å²) in [7, 11) is 0. The van der Waals surface area contributed by atoms with Crippen LogP contribution >= 0.6 is 22.9 Å². The molecule has 3 N–H and O–H groups in total. The summed E-state index contributed by atoms with van der Waals surface area (Å²) in [5, 5.41) is 36.4. The van der Waals surface area contributed by atoms with Gasteiger partial charge in [-0.05, 0) is 29.6 Å². The zero-order valence-corrected chi connectivity index (χ0v) is 16.0. The number of ether oxygens (including phenoxy) is 1. The highest BCUT2D eigenvalue weighted by Gasteiger charge is 2.44. The van der Waals surface area contributed by atoms with E-state index in [1.165, 1.54) is 6.33 Å². The zero-order valence-electron chi connectivity index (χ0n) is 14.4. The Morgan fingerprint density at radius 1 is 1.18 bits per heavy atom.